The first-order chi connectivity index (χ1) is 11.4. The van der Waals surface area contributed by atoms with Gasteiger partial charge in [0.2, 0.25) is 0 Å². The first kappa shape index (κ1) is 17.0. The minimum absolute atomic E-state index is 0.0734. The van der Waals surface area contributed by atoms with Gasteiger partial charge in [0.1, 0.15) is 5.82 Å². The van der Waals surface area contributed by atoms with Crippen molar-refractivity contribution in [1.82, 2.24) is 9.88 Å². The number of pyridine rings is 1. The van der Waals surface area contributed by atoms with Gasteiger partial charge in [-0.1, -0.05) is 0 Å². The molecule has 3 atom stereocenters. The first-order valence-electron chi connectivity index (χ1n) is 7.91. The van der Waals surface area contributed by atoms with Crippen LogP contribution in [0.2, 0.25) is 0 Å². The number of carbonyl (C=O) groups is 2. The summed E-state index contributed by atoms with van der Waals surface area (Å²) in [6, 6.07) is 3.99. The number of fused-ring (bicyclic) bond motifs is 2. The number of nitrogens with zero attached hydrogens (tertiary/aromatic N) is 3. The molecule has 0 saturated carbocycles. The minimum Gasteiger partial charge on any atom is -0.465 e. The molecule has 0 spiro atoms. The SMILES string of the molecule is COC(=O)c1nc(N(C)C2C[C@H]3CC[C@@H](C2)N3C(=O)O)ccc1Br. The molecule has 130 valence electrons. The number of amides is 1. The Morgan fingerprint density at radius 3 is 2.50 bits per heavy atom. The largest absolute Gasteiger partial charge is 0.465 e. The smallest absolute Gasteiger partial charge is 0.407 e. The molecule has 1 unspecified atom stereocenters. The molecule has 1 amide bonds. The Labute approximate surface area is 148 Å². The topological polar surface area (TPSA) is 83.0 Å². The second-order valence-electron chi connectivity index (χ2n) is 6.30. The molecule has 2 aliphatic rings. The van der Waals surface area contributed by atoms with Crippen molar-refractivity contribution in [2.45, 2.75) is 43.8 Å². The number of rotatable bonds is 3. The fraction of sp³-hybridized carbons (Fsp3) is 0.562. The third-order valence-corrected chi connectivity index (χ3v) is 5.69. The van der Waals surface area contributed by atoms with Crippen LogP contribution in [0.5, 0.6) is 0 Å². The van der Waals surface area contributed by atoms with E-state index in [9.17, 15) is 14.7 Å². The zero-order valence-corrected chi connectivity index (χ0v) is 15.2. The molecule has 2 saturated heterocycles. The Bertz CT molecular complexity index is 655. The van der Waals surface area contributed by atoms with E-state index in [1.165, 1.54) is 7.11 Å². The van der Waals surface area contributed by atoms with Gasteiger partial charge >= 0.3 is 12.1 Å². The molecule has 3 rings (SSSR count). The summed E-state index contributed by atoms with van der Waals surface area (Å²) < 4.78 is 5.35. The first-order valence-corrected chi connectivity index (χ1v) is 8.70. The van der Waals surface area contributed by atoms with Crippen molar-refractivity contribution in [2.24, 2.45) is 0 Å². The van der Waals surface area contributed by atoms with E-state index in [0.717, 1.165) is 25.7 Å². The van der Waals surface area contributed by atoms with Gasteiger partial charge in [0.25, 0.3) is 0 Å². The van der Waals surface area contributed by atoms with E-state index in [2.05, 4.69) is 20.9 Å². The molecule has 1 aromatic heterocycles. The van der Waals surface area contributed by atoms with Crippen molar-refractivity contribution >= 4 is 33.8 Å². The van der Waals surface area contributed by atoms with Gasteiger partial charge in [0.15, 0.2) is 5.69 Å². The number of aromatic nitrogens is 1. The maximum atomic E-state index is 11.8. The molecule has 0 aliphatic carbocycles. The van der Waals surface area contributed by atoms with E-state index < -0.39 is 12.1 Å². The zero-order valence-electron chi connectivity index (χ0n) is 13.6. The predicted octanol–water partition coefficient (Wildman–Crippen LogP) is 2.74. The lowest BCUT2D eigenvalue weighted by molar-refractivity contribution is 0.0592. The summed E-state index contributed by atoms with van der Waals surface area (Å²) in [6.07, 6.45) is 2.58. The van der Waals surface area contributed by atoms with Gasteiger partial charge in [-0.2, -0.15) is 0 Å². The van der Waals surface area contributed by atoms with E-state index in [1.54, 1.807) is 11.0 Å². The van der Waals surface area contributed by atoms with Crippen LogP contribution in [0.25, 0.3) is 0 Å². The highest BCUT2D eigenvalue weighted by Crippen LogP contribution is 2.38. The number of carbonyl (C=O) groups excluding carboxylic acids is 1. The van der Waals surface area contributed by atoms with Crippen molar-refractivity contribution < 1.29 is 19.4 Å². The number of methoxy groups -OCH3 is 1. The quantitative estimate of drug-likeness (QED) is 0.789. The van der Waals surface area contributed by atoms with E-state index in [0.29, 0.717) is 10.3 Å². The molecule has 2 bridgehead atoms. The summed E-state index contributed by atoms with van der Waals surface area (Å²) in [4.78, 5) is 31.3. The summed E-state index contributed by atoms with van der Waals surface area (Å²) in [5.74, 6) is 0.199. The number of piperidine rings is 1. The summed E-state index contributed by atoms with van der Waals surface area (Å²) >= 11 is 3.32. The highest BCUT2D eigenvalue weighted by atomic mass is 79.9. The lowest BCUT2D eigenvalue weighted by Crippen LogP contribution is -2.51. The monoisotopic (exact) mass is 397 g/mol. The molecule has 1 N–H and O–H groups in total. The summed E-state index contributed by atoms with van der Waals surface area (Å²) in [7, 11) is 3.27. The second kappa shape index (κ2) is 6.58. The van der Waals surface area contributed by atoms with Crippen LogP contribution in [0.4, 0.5) is 10.6 Å². The fourth-order valence-electron chi connectivity index (χ4n) is 3.83. The van der Waals surface area contributed by atoms with Crippen molar-refractivity contribution in [3.8, 4) is 0 Å². The number of anilines is 1. The van der Waals surface area contributed by atoms with Crippen LogP contribution in [0.1, 0.15) is 36.2 Å². The third kappa shape index (κ3) is 2.94. The molecule has 24 heavy (non-hydrogen) atoms. The third-order valence-electron chi connectivity index (χ3n) is 5.05. The van der Waals surface area contributed by atoms with Crippen molar-refractivity contribution in [1.29, 1.82) is 0 Å². The van der Waals surface area contributed by atoms with Crippen LogP contribution in [0.3, 0.4) is 0 Å². The molecule has 7 nitrogen and oxygen atoms in total. The molecule has 0 aromatic carbocycles. The van der Waals surface area contributed by atoms with Gasteiger partial charge in [0.05, 0.1) is 11.6 Å². The molecular formula is C16H20BrN3O4. The van der Waals surface area contributed by atoms with Crippen LogP contribution in [-0.4, -0.2) is 59.3 Å². The average Bonchev–Trinajstić information content (AvgIpc) is 2.84. The highest BCUT2D eigenvalue weighted by Gasteiger charge is 2.44. The number of esters is 1. The Morgan fingerprint density at radius 1 is 1.33 bits per heavy atom. The number of hydrogen-bond donors (Lipinski definition) is 1. The standard InChI is InChI=1S/C16H20BrN3O4/c1-19(13-6-5-12(17)14(18-13)15(21)24-2)11-7-9-3-4-10(8-11)20(9)16(22)23/h5-6,9-11H,3-4,7-8H2,1-2H3,(H,22,23)/t9-,10+,11?. The van der Waals surface area contributed by atoms with E-state index in [1.807, 2.05) is 18.0 Å². The Kier molecular flexibility index (Phi) is 4.67. The van der Waals surface area contributed by atoms with E-state index in [-0.39, 0.29) is 23.8 Å². The Morgan fingerprint density at radius 2 is 1.96 bits per heavy atom. The maximum Gasteiger partial charge on any atom is 0.407 e. The lowest BCUT2D eigenvalue weighted by Gasteiger charge is -2.41. The van der Waals surface area contributed by atoms with Crippen LogP contribution >= 0.6 is 15.9 Å². The maximum absolute atomic E-state index is 11.8. The summed E-state index contributed by atoms with van der Waals surface area (Å²) in [5.41, 5.74) is 0.243. The van der Waals surface area contributed by atoms with Crippen molar-refractivity contribution in [3.63, 3.8) is 0 Å². The molecule has 2 aliphatic heterocycles. The van der Waals surface area contributed by atoms with E-state index >= 15 is 0 Å². The Balaban J connectivity index is 1.80. The normalized spacial score (nSPS) is 25.5. The van der Waals surface area contributed by atoms with Crippen LogP contribution in [0.15, 0.2) is 16.6 Å². The second-order valence-corrected chi connectivity index (χ2v) is 7.16. The highest BCUT2D eigenvalue weighted by molar-refractivity contribution is 9.10. The van der Waals surface area contributed by atoms with Gasteiger partial charge in [-0.05, 0) is 53.7 Å². The predicted molar refractivity (Wildman–Crippen MR) is 91.4 cm³/mol. The zero-order chi connectivity index (χ0) is 17.4. The fourth-order valence-corrected chi connectivity index (χ4v) is 4.21. The molecule has 3 heterocycles. The summed E-state index contributed by atoms with van der Waals surface area (Å²) in [5, 5.41) is 9.36. The van der Waals surface area contributed by atoms with Crippen LogP contribution in [0, 0.1) is 0 Å². The van der Waals surface area contributed by atoms with Crippen LogP contribution in [-0.2, 0) is 4.74 Å². The molecule has 8 heteroatoms. The molecule has 1 aromatic rings. The van der Waals surface area contributed by atoms with Gasteiger partial charge in [0, 0.05) is 25.2 Å². The molecule has 2 fully saturated rings. The molecule has 0 radical (unpaired) electrons. The average molecular weight is 398 g/mol. The van der Waals surface area contributed by atoms with Crippen molar-refractivity contribution in [3.05, 3.63) is 22.3 Å². The van der Waals surface area contributed by atoms with Gasteiger partial charge in [-0.3, -0.25) is 0 Å². The minimum atomic E-state index is -0.821. The van der Waals surface area contributed by atoms with Gasteiger partial charge < -0.3 is 19.6 Å². The van der Waals surface area contributed by atoms with Gasteiger partial charge in [-0.25, -0.2) is 14.6 Å². The summed E-state index contributed by atoms with van der Waals surface area (Å²) in [6.45, 7) is 0. The van der Waals surface area contributed by atoms with E-state index in [4.69, 9.17) is 4.74 Å². The number of halogens is 1. The molecular weight excluding hydrogens is 378 g/mol. The number of ether oxygens (including phenoxy) is 1. The van der Waals surface area contributed by atoms with Gasteiger partial charge in [-0.15, -0.1) is 0 Å². The van der Waals surface area contributed by atoms with Crippen molar-refractivity contribution in [2.75, 3.05) is 19.1 Å². The number of hydrogen-bond acceptors (Lipinski definition) is 5. The Hall–Kier alpha value is -1.83. The number of carboxylic acid groups (broad SMARTS) is 1. The van der Waals surface area contributed by atoms with Crippen LogP contribution < -0.4 is 4.90 Å². The lowest BCUT2D eigenvalue weighted by atomic mass is 9.96.